The summed E-state index contributed by atoms with van der Waals surface area (Å²) in [5, 5.41) is 5.94. The van der Waals surface area contributed by atoms with E-state index in [-0.39, 0.29) is 11.7 Å². The van der Waals surface area contributed by atoms with Crippen LogP contribution in [0.1, 0.15) is 31.2 Å². The van der Waals surface area contributed by atoms with Gasteiger partial charge < -0.3 is 15.5 Å². The second-order valence-corrected chi connectivity index (χ2v) is 8.01. The van der Waals surface area contributed by atoms with Crippen molar-refractivity contribution in [2.45, 2.75) is 25.7 Å². The third kappa shape index (κ3) is 3.53. The van der Waals surface area contributed by atoms with Gasteiger partial charge in [-0.25, -0.2) is 4.39 Å². The van der Waals surface area contributed by atoms with Gasteiger partial charge in [0.1, 0.15) is 5.82 Å². The number of fused-ring (bicyclic) bond motifs is 2. The Labute approximate surface area is 170 Å². The van der Waals surface area contributed by atoms with Crippen LogP contribution < -0.4 is 15.5 Å². The first kappa shape index (κ1) is 18.0. The van der Waals surface area contributed by atoms with Gasteiger partial charge in [-0.05, 0) is 74.1 Å². The molecule has 2 heterocycles. The highest BCUT2D eigenvalue weighted by molar-refractivity contribution is 6.31. The quantitative estimate of drug-likeness (QED) is 0.562. The molecular weight excluding hydrogens is 365 g/mol. The zero-order valence-electron chi connectivity index (χ0n) is 16.2. The summed E-state index contributed by atoms with van der Waals surface area (Å²) in [5.74, 6) is 0.212. The van der Waals surface area contributed by atoms with Crippen molar-refractivity contribution in [3.63, 3.8) is 0 Å². The summed E-state index contributed by atoms with van der Waals surface area (Å²) in [7, 11) is 0. The Morgan fingerprint density at radius 3 is 2.86 bits per heavy atom. The fourth-order valence-electron chi connectivity index (χ4n) is 4.59. The van der Waals surface area contributed by atoms with E-state index >= 15 is 0 Å². The molecule has 1 amide bonds. The lowest BCUT2D eigenvalue weighted by Crippen LogP contribution is -2.36. The van der Waals surface area contributed by atoms with Gasteiger partial charge in [-0.3, -0.25) is 4.79 Å². The lowest BCUT2D eigenvalue weighted by atomic mass is 9.82. The summed E-state index contributed by atoms with van der Waals surface area (Å²) in [6.45, 7) is 2.13. The van der Waals surface area contributed by atoms with E-state index in [0.29, 0.717) is 16.8 Å². The number of benzene rings is 2. The first-order chi connectivity index (χ1) is 14.2. The van der Waals surface area contributed by atoms with Crippen LogP contribution in [-0.4, -0.2) is 19.0 Å². The van der Waals surface area contributed by atoms with E-state index in [1.54, 1.807) is 17.8 Å². The smallest absolute Gasteiger partial charge is 0.257 e. The van der Waals surface area contributed by atoms with Crippen molar-refractivity contribution in [3.8, 4) is 0 Å². The second-order valence-electron chi connectivity index (χ2n) is 8.01. The number of halogens is 1. The molecule has 1 atom stereocenters. The molecule has 1 fully saturated rings. The molecule has 1 aliphatic carbocycles. The van der Waals surface area contributed by atoms with E-state index in [1.165, 1.54) is 43.5 Å². The fraction of sp³-hybridized carbons (Fsp3) is 0.292. The standard InChI is InChI=1S/C24H24FN3O/c25-18-5-10-23-21(13-18)22(24(29)27-23)14-26-19-6-8-20(9-7-19)28-12-11-16-3-1-2-4-17(16)15-28/h4-10,13-14,16,26H,1-3,11-12,15H2,(H,27,29). The SMILES string of the molecule is O=C1Nc2ccc(F)cc2C1=CNc1ccc(N2CCC3CCCC=C3C2)cc1. The lowest BCUT2D eigenvalue weighted by molar-refractivity contribution is -0.110. The van der Waals surface area contributed by atoms with Crippen molar-refractivity contribution in [2.24, 2.45) is 5.92 Å². The van der Waals surface area contributed by atoms with Crippen LogP contribution in [0.4, 0.5) is 21.5 Å². The van der Waals surface area contributed by atoms with Crippen molar-refractivity contribution in [1.29, 1.82) is 0 Å². The number of carbonyl (C=O) groups is 1. The number of piperidine rings is 1. The van der Waals surface area contributed by atoms with Gasteiger partial charge in [0.25, 0.3) is 5.91 Å². The Balaban J connectivity index is 1.29. The van der Waals surface area contributed by atoms with Gasteiger partial charge in [-0.15, -0.1) is 0 Å². The third-order valence-electron chi connectivity index (χ3n) is 6.19. The third-order valence-corrected chi connectivity index (χ3v) is 6.19. The van der Waals surface area contributed by atoms with Crippen LogP contribution in [0.5, 0.6) is 0 Å². The maximum absolute atomic E-state index is 13.6. The summed E-state index contributed by atoms with van der Waals surface area (Å²) < 4.78 is 13.6. The molecule has 0 bridgehead atoms. The van der Waals surface area contributed by atoms with Crippen molar-refractivity contribution in [2.75, 3.05) is 28.6 Å². The predicted molar refractivity (Wildman–Crippen MR) is 115 cm³/mol. The monoisotopic (exact) mass is 389 g/mol. The molecule has 0 aromatic heterocycles. The van der Waals surface area contributed by atoms with Crippen LogP contribution in [0.3, 0.4) is 0 Å². The molecule has 3 aliphatic rings. The van der Waals surface area contributed by atoms with Crippen LogP contribution in [0.15, 0.2) is 60.3 Å². The molecule has 2 aromatic carbocycles. The fourth-order valence-corrected chi connectivity index (χ4v) is 4.59. The number of hydrogen-bond donors (Lipinski definition) is 2. The number of nitrogens with zero attached hydrogens (tertiary/aromatic N) is 1. The summed E-state index contributed by atoms with van der Waals surface area (Å²) >= 11 is 0. The maximum Gasteiger partial charge on any atom is 0.257 e. The Morgan fingerprint density at radius 2 is 2.00 bits per heavy atom. The molecule has 5 rings (SSSR count). The second kappa shape index (κ2) is 7.39. The Kier molecular flexibility index (Phi) is 4.58. The summed E-state index contributed by atoms with van der Waals surface area (Å²) in [6.07, 6.45) is 9.22. The van der Waals surface area contributed by atoms with E-state index < -0.39 is 0 Å². The average Bonchev–Trinajstić information content (AvgIpc) is 3.06. The molecule has 2 aromatic rings. The van der Waals surface area contributed by atoms with Gasteiger partial charge >= 0.3 is 0 Å². The molecule has 0 saturated carbocycles. The molecule has 2 aliphatic heterocycles. The zero-order valence-corrected chi connectivity index (χ0v) is 16.2. The van der Waals surface area contributed by atoms with Gasteiger partial charge in [0.2, 0.25) is 0 Å². The Bertz CT molecular complexity index is 1010. The number of allylic oxidation sites excluding steroid dienone is 1. The van der Waals surface area contributed by atoms with E-state index in [9.17, 15) is 9.18 Å². The molecule has 2 N–H and O–H groups in total. The summed E-state index contributed by atoms with van der Waals surface area (Å²) in [5.41, 5.74) is 5.38. The van der Waals surface area contributed by atoms with Crippen LogP contribution >= 0.6 is 0 Å². The van der Waals surface area contributed by atoms with Crippen LogP contribution in [0.2, 0.25) is 0 Å². The van der Waals surface area contributed by atoms with Crippen LogP contribution in [0.25, 0.3) is 5.57 Å². The molecule has 5 heteroatoms. The minimum Gasteiger partial charge on any atom is -0.368 e. The predicted octanol–water partition coefficient (Wildman–Crippen LogP) is 5.17. The van der Waals surface area contributed by atoms with Crippen molar-refractivity contribution in [1.82, 2.24) is 0 Å². The highest BCUT2D eigenvalue weighted by Gasteiger charge is 2.26. The maximum atomic E-state index is 13.6. The van der Waals surface area contributed by atoms with Crippen LogP contribution in [0, 0.1) is 11.7 Å². The minimum absolute atomic E-state index is 0.224. The first-order valence-corrected chi connectivity index (χ1v) is 10.3. The molecular formula is C24H24FN3O. The largest absolute Gasteiger partial charge is 0.368 e. The zero-order chi connectivity index (χ0) is 19.8. The van der Waals surface area contributed by atoms with Gasteiger partial charge in [0.05, 0.1) is 5.57 Å². The lowest BCUT2D eigenvalue weighted by Gasteiger charge is -2.37. The van der Waals surface area contributed by atoms with Crippen LogP contribution in [-0.2, 0) is 4.79 Å². The normalized spacial score (nSPS) is 22.0. The minimum atomic E-state index is -0.354. The molecule has 148 valence electrons. The molecule has 29 heavy (non-hydrogen) atoms. The van der Waals surface area contributed by atoms with Crippen molar-refractivity contribution >= 4 is 28.5 Å². The van der Waals surface area contributed by atoms with Crippen molar-refractivity contribution in [3.05, 3.63) is 71.7 Å². The van der Waals surface area contributed by atoms with Gasteiger partial charge in [0.15, 0.2) is 0 Å². The number of amides is 1. The molecule has 0 radical (unpaired) electrons. The van der Waals surface area contributed by atoms with E-state index in [4.69, 9.17) is 0 Å². The van der Waals surface area contributed by atoms with E-state index in [1.807, 2.05) is 12.1 Å². The number of anilines is 3. The first-order valence-electron chi connectivity index (χ1n) is 10.3. The Morgan fingerprint density at radius 1 is 1.14 bits per heavy atom. The summed E-state index contributed by atoms with van der Waals surface area (Å²) in [6, 6.07) is 12.6. The highest BCUT2D eigenvalue weighted by Crippen LogP contribution is 2.35. The molecule has 0 spiro atoms. The topological polar surface area (TPSA) is 44.4 Å². The molecule has 1 unspecified atom stereocenters. The number of carbonyl (C=O) groups excluding carboxylic acids is 1. The van der Waals surface area contributed by atoms with Gasteiger partial charge in [-0.1, -0.05) is 11.6 Å². The molecule has 4 nitrogen and oxygen atoms in total. The average molecular weight is 389 g/mol. The number of rotatable bonds is 3. The Hall–Kier alpha value is -3.08. The van der Waals surface area contributed by atoms with Gasteiger partial charge in [0, 0.05) is 41.9 Å². The van der Waals surface area contributed by atoms with Crippen molar-refractivity contribution < 1.29 is 9.18 Å². The molecule has 1 saturated heterocycles. The van der Waals surface area contributed by atoms with E-state index in [0.717, 1.165) is 24.7 Å². The summed E-state index contributed by atoms with van der Waals surface area (Å²) in [4.78, 5) is 14.6. The number of hydrogen-bond acceptors (Lipinski definition) is 3. The van der Waals surface area contributed by atoms with E-state index in [2.05, 4.69) is 33.7 Å². The highest BCUT2D eigenvalue weighted by atomic mass is 19.1. The number of nitrogens with one attached hydrogen (secondary N) is 2. The van der Waals surface area contributed by atoms with Gasteiger partial charge in [-0.2, -0.15) is 0 Å².